The summed E-state index contributed by atoms with van der Waals surface area (Å²) in [6.45, 7) is 0. The lowest BCUT2D eigenvalue weighted by molar-refractivity contribution is -0.150. The largest absolute Gasteiger partial charge is 0.477 e. The number of rotatable bonds is 8. The van der Waals surface area contributed by atoms with E-state index in [0.29, 0.717) is 16.5 Å². The van der Waals surface area contributed by atoms with Gasteiger partial charge in [0.15, 0.2) is 5.71 Å². The van der Waals surface area contributed by atoms with Crippen LogP contribution in [0.2, 0.25) is 5.02 Å². The average Bonchev–Trinajstić information content (AvgIpc) is 3.24. The van der Waals surface area contributed by atoms with Gasteiger partial charge in [-0.15, -0.1) is 29.3 Å². The molecule has 4 heterocycles. The molecule has 0 radical (unpaired) electrons. The van der Waals surface area contributed by atoms with Gasteiger partial charge < -0.3 is 21.0 Å². The third kappa shape index (κ3) is 5.21. The molecule has 0 saturated carbocycles. The number of thioether (sulfide) groups is 2. The van der Waals surface area contributed by atoms with Gasteiger partial charge in [0, 0.05) is 18.6 Å². The zero-order valence-corrected chi connectivity index (χ0v) is 21.8. The number of nitrogen functional groups attached to an aromatic ring is 1. The number of carboxylic acid groups (broad SMARTS) is 1. The van der Waals surface area contributed by atoms with Crippen LogP contribution in [0.3, 0.4) is 0 Å². The van der Waals surface area contributed by atoms with E-state index >= 15 is 0 Å². The number of carbonyl (C=O) groups excluding carboxylic acids is 2. The summed E-state index contributed by atoms with van der Waals surface area (Å²) in [5.41, 5.74) is 5.83. The highest BCUT2D eigenvalue weighted by Gasteiger charge is 2.54. The molecule has 2 aliphatic rings. The van der Waals surface area contributed by atoms with Crippen LogP contribution < -0.4 is 11.1 Å². The van der Waals surface area contributed by atoms with E-state index in [9.17, 15) is 19.5 Å². The number of carboxylic acids is 1. The molecule has 0 spiro atoms. The lowest BCUT2D eigenvalue weighted by atomic mass is 10.0. The lowest BCUT2D eigenvalue weighted by Crippen LogP contribution is -2.71. The summed E-state index contributed by atoms with van der Waals surface area (Å²) in [5.74, 6) is -1.87. The maximum atomic E-state index is 13.0. The van der Waals surface area contributed by atoms with Crippen LogP contribution in [0.1, 0.15) is 5.69 Å². The molecule has 1 fully saturated rings. The number of aliphatic carboxylic acids is 1. The van der Waals surface area contributed by atoms with Gasteiger partial charge in [0.05, 0.1) is 5.02 Å². The molecule has 2 amide bonds. The Morgan fingerprint density at radius 2 is 2.19 bits per heavy atom. The molecule has 18 heteroatoms. The molecular formula is C18H19Cl2N9O5S2. The number of halogens is 2. The van der Waals surface area contributed by atoms with Gasteiger partial charge in [0.25, 0.3) is 11.8 Å². The van der Waals surface area contributed by atoms with E-state index in [-0.39, 0.29) is 46.1 Å². The first kappa shape index (κ1) is 27.5. The van der Waals surface area contributed by atoms with Gasteiger partial charge in [-0.2, -0.15) is 0 Å². The Morgan fingerprint density at radius 1 is 1.44 bits per heavy atom. The van der Waals surface area contributed by atoms with E-state index in [1.54, 1.807) is 7.05 Å². The number of nitrogens with two attached hydrogens (primary N) is 1. The fourth-order valence-electron chi connectivity index (χ4n) is 3.41. The normalized spacial score (nSPS) is 19.2. The highest BCUT2D eigenvalue weighted by molar-refractivity contribution is 8.01. The molecule has 192 valence electrons. The Morgan fingerprint density at radius 3 is 2.83 bits per heavy atom. The Balaban J connectivity index is 0.00000361. The van der Waals surface area contributed by atoms with E-state index in [2.05, 4.69) is 31.0 Å². The summed E-state index contributed by atoms with van der Waals surface area (Å²) in [7, 11) is 2.90. The minimum Gasteiger partial charge on any atom is -0.477 e. The maximum absolute atomic E-state index is 13.0. The van der Waals surface area contributed by atoms with Gasteiger partial charge >= 0.3 is 5.97 Å². The first-order valence-corrected chi connectivity index (χ1v) is 12.2. The predicted molar refractivity (Wildman–Crippen MR) is 134 cm³/mol. The number of carbonyl (C=O) groups is 3. The smallest absolute Gasteiger partial charge is 0.352 e. The number of β-lactam (4-membered cyclic amide) rings is 1. The van der Waals surface area contributed by atoms with Crippen LogP contribution in [0.15, 0.2) is 33.7 Å². The molecule has 2 aliphatic heterocycles. The second-order valence-electron chi connectivity index (χ2n) is 7.18. The minimum absolute atomic E-state index is 0. The number of hydrogen-bond donors (Lipinski definition) is 3. The fourth-order valence-corrected chi connectivity index (χ4v) is 5.94. The summed E-state index contributed by atoms with van der Waals surface area (Å²) >= 11 is 8.72. The van der Waals surface area contributed by atoms with Crippen LogP contribution in [0.25, 0.3) is 0 Å². The molecule has 0 aromatic carbocycles. The summed E-state index contributed by atoms with van der Waals surface area (Å²) in [4.78, 5) is 47.9. The van der Waals surface area contributed by atoms with Crippen molar-refractivity contribution in [1.29, 1.82) is 0 Å². The molecule has 1 saturated heterocycles. The number of aromatic nitrogens is 5. The maximum Gasteiger partial charge on any atom is 0.352 e. The minimum atomic E-state index is -1.24. The van der Waals surface area contributed by atoms with Gasteiger partial charge in [-0.25, -0.2) is 14.5 Å². The average molecular weight is 576 g/mol. The summed E-state index contributed by atoms with van der Waals surface area (Å²) in [6, 6.07) is 1.92. The van der Waals surface area contributed by atoms with Crippen molar-refractivity contribution in [3.8, 4) is 0 Å². The third-order valence-electron chi connectivity index (χ3n) is 4.98. The highest BCUT2D eigenvalue weighted by atomic mass is 35.5. The van der Waals surface area contributed by atoms with Crippen LogP contribution in [0.4, 0.5) is 5.82 Å². The van der Waals surface area contributed by atoms with Crippen molar-refractivity contribution in [2.45, 2.75) is 16.6 Å². The summed E-state index contributed by atoms with van der Waals surface area (Å²) in [5, 5.41) is 27.2. The second kappa shape index (κ2) is 11.3. The highest BCUT2D eigenvalue weighted by Crippen LogP contribution is 2.41. The van der Waals surface area contributed by atoms with E-state index < -0.39 is 29.2 Å². The molecule has 36 heavy (non-hydrogen) atoms. The number of tetrazole rings is 1. The summed E-state index contributed by atoms with van der Waals surface area (Å²) in [6.07, 6.45) is 0. The number of nitrogens with zero attached hydrogens (tertiary/aromatic N) is 7. The third-order valence-corrected chi connectivity index (χ3v) is 7.72. The number of anilines is 1. The Labute approximate surface area is 223 Å². The van der Waals surface area contributed by atoms with Crippen molar-refractivity contribution in [1.82, 2.24) is 35.4 Å². The van der Waals surface area contributed by atoms with Crippen molar-refractivity contribution in [3.63, 3.8) is 0 Å². The molecule has 2 aromatic rings. The fraction of sp³-hybridized carbons (Fsp3) is 0.333. The second-order valence-corrected chi connectivity index (χ2v) is 9.64. The molecular weight excluding hydrogens is 557 g/mol. The standard InChI is InChI=1S/C18H18ClN9O5S2.ClH/c1-27-18(23-25-26-27)35-6-7-5-34-16-12(15(30)28(16)13(7)17(31)32)22-14(29)11(24-33-2)10-8(19)3-4-9(20)21-10;/h3-4,12,16H,5-6H2,1-2H3,(H2,20,21)(H,22,29)(H,31,32);1H/t12?,16-;/m0./s1. The Hall–Kier alpha value is -3.08. The molecule has 4 N–H and O–H groups in total. The van der Waals surface area contributed by atoms with Crippen molar-refractivity contribution < 1.29 is 24.3 Å². The van der Waals surface area contributed by atoms with Crippen LogP contribution in [-0.4, -0.2) is 88.7 Å². The molecule has 0 aliphatic carbocycles. The van der Waals surface area contributed by atoms with Gasteiger partial charge in [-0.05, 0) is 28.1 Å². The van der Waals surface area contributed by atoms with E-state index in [1.165, 1.54) is 52.3 Å². The number of pyridine rings is 1. The van der Waals surface area contributed by atoms with Gasteiger partial charge in [0.1, 0.15) is 35.7 Å². The first-order valence-electron chi connectivity index (χ1n) is 9.82. The van der Waals surface area contributed by atoms with Gasteiger partial charge in [-0.1, -0.05) is 28.5 Å². The van der Waals surface area contributed by atoms with E-state index in [1.807, 2.05) is 0 Å². The monoisotopic (exact) mass is 575 g/mol. The van der Waals surface area contributed by atoms with Crippen LogP contribution >= 0.6 is 47.5 Å². The summed E-state index contributed by atoms with van der Waals surface area (Å²) < 4.78 is 1.46. The quantitative estimate of drug-likeness (QED) is 0.167. The molecule has 1 unspecified atom stereocenters. The van der Waals surface area contributed by atoms with Crippen molar-refractivity contribution in [2.75, 3.05) is 24.3 Å². The van der Waals surface area contributed by atoms with Crippen LogP contribution in [0.5, 0.6) is 0 Å². The molecule has 2 aromatic heterocycles. The number of amides is 2. The predicted octanol–water partition coefficient (Wildman–Crippen LogP) is 0.144. The first-order chi connectivity index (χ1) is 16.7. The number of hydrogen-bond acceptors (Lipinski definition) is 12. The molecule has 2 atom stereocenters. The number of oxime groups is 1. The number of aryl methyl sites for hydroxylation is 1. The number of fused-ring (bicyclic) bond motifs is 1. The van der Waals surface area contributed by atoms with Crippen LogP contribution in [-0.2, 0) is 26.3 Å². The van der Waals surface area contributed by atoms with Crippen LogP contribution in [0, 0.1) is 0 Å². The topological polar surface area (TPSA) is 191 Å². The molecule has 14 nitrogen and oxygen atoms in total. The Bertz CT molecular complexity index is 1270. The van der Waals surface area contributed by atoms with Crippen molar-refractivity contribution in [3.05, 3.63) is 34.1 Å². The zero-order valence-electron chi connectivity index (χ0n) is 18.6. The van der Waals surface area contributed by atoms with Crippen molar-refractivity contribution in [2.24, 2.45) is 12.2 Å². The molecule has 4 rings (SSSR count). The zero-order chi connectivity index (χ0) is 25.3. The van der Waals surface area contributed by atoms with Crippen molar-refractivity contribution >= 4 is 76.8 Å². The lowest BCUT2D eigenvalue weighted by Gasteiger charge is -2.49. The van der Waals surface area contributed by atoms with Gasteiger partial charge in [-0.3, -0.25) is 14.5 Å². The van der Waals surface area contributed by atoms with E-state index in [0.717, 1.165) is 0 Å². The number of nitrogens with one attached hydrogen (secondary N) is 1. The van der Waals surface area contributed by atoms with E-state index in [4.69, 9.17) is 22.2 Å². The SMILES string of the molecule is CON=C(C(=O)NC1C(=O)N2C(C(=O)O)=C(CSc3nnnn3C)CS[C@@H]12)c1nc(N)ccc1Cl.Cl. The Kier molecular flexibility index (Phi) is 8.65. The molecule has 0 bridgehead atoms. The van der Waals surface area contributed by atoms with Gasteiger partial charge in [0.2, 0.25) is 5.16 Å².